The largest absolute Gasteiger partial charge is 0.491 e. The number of fused-ring (bicyclic) bond motifs is 2. The highest BCUT2D eigenvalue weighted by Crippen LogP contribution is 2.37. The summed E-state index contributed by atoms with van der Waals surface area (Å²) in [5.74, 6) is 0.0164. The van der Waals surface area contributed by atoms with Gasteiger partial charge in [-0.1, -0.05) is 17.7 Å². The van der Waals surface area contributed by atoms with Crippen molar-refractivity contribution in [3.63, 3.8) is 0 Å². The van der Waals surface area contributed by atoms with E-state index in [1.807, 2.05) is 20.0 Å². The molecule has 1 saturated heterocycles. The first-order valence-corrected chi connectivity index (χ1v) is 14.4. The number of pyridine rings is 1. The number of likely N-dealkylation sites (tertiary alicyclic amines) is 1. The van der Waals surface area contributed by atoms with Crippen molar-refractivity contribution < 1.29 is 19.4 Å². The van der Waals surface area contributed by atoms with E-state index in [4.69, 9.17) is 21.3 Å². The Morgan fingerprint density at radius 2 is 1.86 bits per heavy atom. The van der Waals surface area contributed by atoms with Crippen molar-refractivity contribution in [2.75, 3.05) is 38.6 Å². The minimum atomic E-state index is -0.868. The topological polar surface area (TPSA) is 127 Å². The number of hydrogen-bond acceptors (Lipinski definition) is 8. The molecule has 3 N–H and O–H groups in total. The Kier molecular flexibility index (Phi) is 7.61. The van der Waals surface area contributed by atoms with Crippen LogP contribution in [0.5, 0.6) is 5.75 Å². The van der Waals surface area contributed by atoms with E-state index < -0.39 is 6.10 Å². The lowest BCUT2D eigenvalue weighted by molar-refractivity contribution is 0.0516. The highest BCUT2D eigenvalue weighted by atomic mass is 35.5. The van der Waals surface area contributed by atoms with Crippen molar-refractivity contribution in [3.8, 4) is 5.75 Å². The Labute approximate surface area is 248 Å². The molecule has 3 aliphatic rings. The maximum absolute atomic E-state index is 13.3. The second-order valence-electron chi connectivity index (χ2n) is 11.1. The van der Waals surface area contributed by atoms with Crippen LogP contribution in [0.25, 0.3) is 0 Å². The zero-order chi connectivity index (χ0) is 29.5. The number of amides is 2. The van der Waals surface area contributed by atoms with Gasteiger partial charge in [0.2, 0.25) is 0 Å². The van der Waals surface area contributed by atoms with E-state index >= 15 is 0 Å². The van der Waals surface area contributed by atoms with Crippen LogP contribution in [0.4, 0.5) is 11.4 Å². The van der Waals surface area contributed by atoms with Gasteiger partial charge >= 0.3 is 0 Å². The average molecular weight is 590 g/mol. The standard InChI is InChI=1S/C31H32ClN5O5/c1-17-3-4-21(13-24(17)32)42-16-20(38)15-34-25-5-8-33-29(39)28(25)27-12-18-11-22-23(14-26(18)35-27)31(41)37(30(22)40)19-6-9-36(2)10-7-19/h3-5,8,11,13-14,19-20,38H,6-7,9-10,12,15-16H2,1-2H3,(H2,33,34,39). The smallest absolute Gasteiger partial charge is 0.261 e. The van der Waals surface area contributed by atoms with Crippen molar-refractivity contribution in [3.05, 3.63) is 85.8 Å². The van der Waals surface area contributed by atoms with E-state index in [2.05, 4.69) is 15.2 Å². The lowest BCUT2D eigenvalue weighted by Crippen LogP contribution is -2.46. The molecule has 6 rings (SSSR count). The van der Waals surface area contributed by atoms with E-state index in [-0.39, 0.29) is 36.6 Å². The fraction of sp³-hybridized carbons (Fsp3) is 0.355. The molecule has 3 aromatic rings. The number of hydrogen-bond donors (Lipinski definition) is 3. The molecular weight excluding hydrogens is 558 g/mol. The molecule has 1 aromatic heterocycles. The Bertz CT molecular complexity index is 1660. The van der Waals surface area contributed by atoms with Crippen LogP contribution in [0.1, 0.15) is 50.2 Å². The number of aryl methyl sites for hydroxylation is 1. The molecule has 4 heterocycles. The van der Waals surface area contributed by atoms with Crippen LogP contribution < -0.4 is 15.6 Å². The number of ether oxygens (including phenoxy) is 1. The summed E-state index contributed by atoms with van der Waals surface area (Å²) >= 11 is 6.15. The maximum atomic E-state index is 13.3. The van der Waals surface area contributed by atoms with Crippen LogP contribution in [0.15, 0.2) is 52.4 Å². The Hall–Kier alpha value is -3.99. The molecule has 1 atom stereocenters. The van der Waals surface area contributed by atoms with E-state index in [1.165, 1.54) is 11.1 Å². The number of benzene rings is 2. The zero-order valence-corrected chi connectivity index (χ0v) is 24.2. The van der Waals surface area contributed by atoms with Crippen LogP contribution in [-0.4, -0.2) is 82.9 Å². The molecule has 3 aliphatic heterocycles. The van der Waals surface area contributed by atoms with Crippen molar-refractivity contribution >= 4 is 40.5 Å². The highest BCUT2D eigenvalue weighted by Gasteiger charge is 2.42. The van der Waals surface area contributed by atoms with Gasteiger partial charge in [0.1, 0.15) is 18.5 Å². The van der Waals surface area contributed by atoms with Gasteiger partial charge in [0.25, 0.3) is 17.4 Å². The van der Waals surface area contributed by atoms with Gasteiger partial charge in [0.05, 0.1) is 33.8 Å². The summed E-state index contributed by atoms with van der Waals surface area (Å²) in [7, 11) is 2.04. The van der Waals surface area contributed by atoms with E-state index in [0.29, 0.717) is 51.0 Å². The number of aliphatic imine (C=N–C) groups is 1. The number of rotatable bonds is 8. The van der Waals surface area contributed by atoms with Crippen molar-refractivity contribution in [2.45, 2.75) is 38.3 Å². The van der Waals surface area contributed by atoms with Gasteiger partial charge in [0.15, 0.2) is 0 Å². The summed E-state index contributed by atoms with van der Waals surface area (Å²) < 4.78 is 5.67. The van der Waals surface area contributed by atoms with Gasteiger partial charge in [-0.25, -0.2) is 0 Å². The van der Waals surface area contributed by atoms with E-state index in [0.717, 1.165) is 37.1 Å². The third-order valence-electron chi connectivity index (χ3n) is 8.15. The number of aromatic nitrogens is 1. The summed E-state index contributed by atoms with van der Waals surface area (Å²) in [5, 5.41) is 14.3. The average Bonchev–Trinajstić information content (AvgIpc) is 3.49. The molecule has 0 bridgehead atoms. The highest BCUT2D eigenvalue weighted by molar-refractivity contribution is 6.31. The van der Waals surface area contributed by atoms with E-state index in [1.54, 1.807) is 30.3 Å². The van der Waals surface area contributed by atoms with Crippen LogP contribution in [-0.2, 0) is 6.42 Å². The molecular formula is C31H32ClN5O5. The minimum Gasteiger partial charge on any atom is -0.491 e. The predicted octanol–water partition coefficient (Wildman–Crippen LogP) is 3.56. The van der Waals surface area contributed by atoms with Gasteiger partial charge in [-0.15, -0.1) is 0 Å². The third kappa shape index (κ3) is 5.33. The first-order chi connectivity index (χ1) is 20.2. The minimum absolute atomic E-state index is 0.0273. The van der Waals surface area contributed by atoms with Gasteiger partial charge in [-0.2, -0.15) is 0 Å². The number of nitrogens with one attached hydrogen (secondary N) is 2. The van der Waals surface area contributed by atoms with Crippen LogP contribution >= 0.6 is 11.6 Å². The number of carbonyl (C=O) groups is 2. The van der Waals surface area contributed by atoms with E-state index in [9.17, 15) is 19.5 Å². The van der Waals surface area contributed by atoms with Crippen LogP contribution in [0, 0.1) is 6.92 Å². The molecule has 42 heavy (non-hydrogen) atoms. The lowest BCUT2D eigenvalue weighted by atomic mass is 10.00. The summed E-state index contributed by atoms with van der Waals surface area (Å²) in [4.78, 5) is 50.6. The van der Waals surface area contributed by atoms with Gasteiger partial charge < -0.3 is 25.0 Å². The monoisotopic (exact) mass is 589 g/mol. The molecule has 2 aromatic carbocycles. The first kappa shape index (κ1) is 28.1. The van der Waals surface area contributed by atoms with Gasteiger partial charge in [-0.05, 0) is 81.4 Å². The number of piperidine rings is 1. The number of aliphatic hydroxyl groups is 1. The molecule has 0 spiro atoms. The molecule has 218 valence electrons. The zero-order valence-electron chi connectivity index (χ0n) is 23.4. The molecule has 1 fully saturated rings. The summed E-state index contributed by atoms with van der Waals surface area (Å²) in [6, 6.07) is 10.4. The fourth-order valence-corrected chi connectivity index (χ4v) is 5.90. The molecule has 2 amide bonds. The molecule has 1 unspecified atom stereocenters. The number of nitrogens with zero attached hydrogens (tertiary/aromatic N) is 3. The molecule has 0 radical (unpaired) electrons. The lowest BCUT2D eigenvalue weighted by Gasteiger charge is -2.33. The van der Waals surface area contributed by atoms with Gasteiger partial charge in [-0.3, -0.25) is 24.3 Å². The Morgan fingerprint density at radius 3 is 2.60 bits per heavy atom. The summed E-state index contributed by atoms with van der Waals surface area (Å²) in [5.41, 5.74) is 4.10. The molecule has 0 saturated carbocycles. The fourth-order valence-electron chi connectivity index (χ4n) is 5.73. The first-order valence-electron chi connectivity index (χ1n) is 14.0. The van der Waals surface area contributed by atoms with Crippen molar-refractivity contribution in [1.29, 1.82) is 0 Å². The van der Waals surface area contributed by atoms with Crippen molar-refractivity contribution in [2.24, 2.45) is 4.99 Å². The normalized spacial score (nSPS) is 17.7. The number of carbonyl (C=O) groups excluding carboxylic acids is 2. The summed E-state index contributed by atoms with van der Waals surface area (Å²) in [6.07, 6.45) is 2.51. The number of aliphatic hydroxyl groups excluding tert-OH is 1. The van der Waals surface area contributed by atoms with Crippen LogP contribution in [0.2, 0.25) is 5.02 Å². The Morgan fingerprint density at radius 1 is 1.12 bits per heavy atom. The predicted molar refractivity (Wildman–Crippen MR) is 161 cm³/mol. The number of anilines is 1. The second-order valence-corrected chi connectivity index (χ2v) is 11.5. The molecule has 0 aliphatic carbocycles. The number of aromatic amines is 1. The van der Waals surface area contributed by atoms with Gasteiger partial charge in [0, 0.05) is 30.2 Å². The molecule has 11 heteroatoms. The Balaban J connectivity index is 1.17. The van der Waals surface area contributed by atoms with Crippen LogP contribution in [0.3, 0.4) is 0 Å². The number of imide groups is 1. The molecule has 10 nitrogen and oxygen atoms in total. The quantitative estimate of drug-likeness (QED) is 0.343. The third-order valence-corrected chi connectivity index (χ3v) is 8.55. The number of H-pyrrole nitrogens is 1. The number of halogens is 1. The SMILES string of the molecule is Cc1ccc(OCC(O)CNc2cc[nH]c(=O)c2C2=Nc3cc4c(cc3C2)C(=O)N(C2CCN(C)CC2)C4=O)cc1Cl. The second kappa shape index (κ2) is 11.4. The summed E-state index contributed by atoms with van der Waals surface area (Å²) in [6.45, 7) is 3.74. The maximum Gasteiger partial charge on any atom is 0.261 e. The van der Waals surface area contributed by atoms with Crippen molar-refractivity contribution in [1.82, 2.24) is 14.8 Å².